The third-order valence-electron chi connectivity index (χ3n) is 3.93. The number of ether oxygens (including phenoxy) is 2. The number of nitrogens with one attached hydrogen (secondary N) is 1. The Morgan fingerprint density at radius 2 is 1.62 bits per heavy atom. The van der Waals surface area contributed by atoms with Gasteiger partial charge in [0.05, 0.1) is 6.20 Å². The molecule has 0 saturated carbocycles. The van der Waals surface area contributed by atoms with Crippen molar-refractivity contribution in [2.75, 3.05) is 6.54 Å². The molecule has 0 saturated heterocycles. The van der Waals surface area contributed by atoms with E-state index in [1.807, 2.05) is 66.7 Å². The van der Waals surface area contributed by atoms with Crippen LogP contribution in [-0.4, -0.2) is 17.6 Å². The molecule has 1 aromatic heterocycles. The third-order valence-corrected chi connectivity index (χ3v) is 3.93. The fraction of sp³-hybridized carbons (Fsp3) is 0.167. The number of benzene rings is 2. The van der Waals surface area contributed by atoms with Gasteiger partial charge in [-0.1, -0.05) is 72.5 Å². The van der Waals surface area contributed by atoms with Crippen LogP contribution in [0, 0.1) is 11.8 Å². The zero-order chi connectivity index (χ0) is 20.2. The van der Waals surface area contributed by atoms with Crippen molar-refractivity contribution >= 4 is 6.09 Å². The number of nitrogens with zero attached hydrogens (tertiary/aromatic N) is 1. The van der Waals surface area contributed by atoms with Crippen LogP contribution in [0.4, 0.5) is 4.79 Å². The normalized spacial score (nSPS) is 9.79. The largest absolute Gasteiger partial charge is 0.487 e. The average Bonchev–Trinajstić information content (AvgIpc) is 2.78. The Labute approximate surface area is 170 Å². The highest BCUT2D eigenvalue weighted by molar-refractivity contribution is 5.67. The number of rotatable bonds is 7. The Hall–Kier alpha value is -3.78. The first-order chi connectivity index (χ1) is 14.3. The molecule has 1 amide bonds. The van der Waals surface area contributed by atoms with Gasteiger partial charge in [0, 0.05) is 24.7 Å². The van der Waals surface area contributed by atoms with Crippen molar-refractivity contribution in [2.24, 2.45) is 0 Å². The maximum atomic E-state index is 11.7. The summed E-state index contributed by atoms with van der Waals surface area (Å²) >= 11 is 0. The molecule has 5 heteroatoms. The molecule has 2 aromatic carbocycles. The van der Waals surface area contributed by atoms with Crippen LogP contribution in [0.5, 0.6) is 5.75 Å². The number of carbonyl (C=O) groups is 1. The Balaban J connectivity index is 1.38. The second-order valence-corrected chi connectivity index (χ2v) is 6.22. The van der Waals surface area contributed by atoms with Gasteiger partial charge < -0.3 is 14.8 Å². The van der Waals surface area contributed by atoms with E-state index in [-0.39, 0.29) is 6.61 Å². The highest BCUT2D eigenvalue weighted by Crippen LogP contribution is 2.13. The molecule has 0 aliphatic carbocycles. The van der Waals surface area contributed by atoms with Crippen molar-refractivity contribution in [1.29, 1.82) is 0 Å². The van der Waals surface area contributed by atoms with E-state index in [0.29, 0.717) is 25.3 Å². The number of carbonyl (C=O) groups excluding carboxylic acids is 1. The number of pyridine rings is 1. The van der Waals surface area contributed by atoms with Crippen LogP contribution in [0.3, 0.4) is 0 Å². The smallest absolute Gasteiger partial charge is 0.407 e. The summed E-state index contributed by atoms with van der Waals surface area (Å²) in [5.41, 5.74) is 2.81. The van der Waals surface area contributed by atoms with Crippen LogP contribution >= 0.6 is 0 Å². The summed E-state index contributed by atoms with van der Waals surface area (Å²) in [6.07, 6.45) is 3.41. The Bertz CT molecular complexity index is 963. The van der Waals surface area contributed by atoms with Gasteiger partial charge in [-0.05, 0) is 17.2 Å². The lowest BCUT2D eigenvalue weighted by Crippen LogP contribution is -2.24. The second-order valence-electron chi connectivity index (χ2n) is 6.22. The molecule has 1 N–H and O–H groups in total. The third kappa shape index (κ3) is 7.39. The number of aromatic nitrogens is 1. The van der Waals surface area contributed by atoms with Crippen molar-refractivity contribution in [3.63, 3.8) is 0 Å². The fourth-order valence-electron chi connectivity index (χ4n) is 2.47. The van der Waals surface area contributed by atoms with Crippen molar-refractivity contribution in [1.82, 2.24) is 10.3 Å². The van der Waals surface area contributed by atoms with E-state index in [1.165, 1.54) is 0 Å². The first-order valence-corrected chi connectivity index (χ1v) is 9.35. The van der Waals surface area contributed by atoms with Gasteiger partial charge in [0.2, 0.25) is 0 Å². The van der Waals surface area contributed by atoms with Crippen molar-refractivity contribution in [3.05, 3.63) is 95.8 Å². The summed E-state index contributed by atoms with van der Waals surface area (Å²) in [4.78, 5) is 15.8. The summed E-state index contributed by atoms with van der Waals surface area (Å²) < 4.78 is 10.9. The van der Waals surface area contributed by atoms with E-state index in [4.69, 9.17) is 9.47 Å². The van der Waals surface area contributed by atoms with Gasteiger partial charge in [0.1, 0.15) is 19.0 Å². The second kappa shape index (κ2) is 11.2. The summed E-state index contributed by atoms with van der Waals surface area (Å²) in [5.74, 6) is 6.72. The molecular weight excluding hydrogens is 364 g/mol. The van der Waals surface area contributed by atoms with Gasteiger partial charge in [-0.25, -0.2) is 4.79 Å². The molecule has 29 heavy (non-hydrogen) atoms. The Morgan fingerprint density at radius 1 is 0.931 bits per heavy atom. The molecule has 3 rings (SSSR count). The van der Waals surface area contributed by atoms with E-state index < -0.39 is 6.09 Å². The fourth-order valence-corrected chi connectivity index (χ4v) is 2.47. The lowest BCUT2D eigenvalue weighted by molar-refractivity contribution is 0.140. The summed E-state index contributed by atoms with van der Waals surface area (Å²) in [5, 5.41) is 2.69. The Kier molecular flexibility index (Phi) is 7.68. The van der Waals surface area contributed by atoms with Gasteiger partial charge in [-0.15, -0.1) is 0 Å². The molecule has 146 valence electrons. The van der Waals surface area contributed by atoms with Gasteiger partial charge in [-0.2, -0.15) is 0 Å². The number of hydrogen-bond donors (Lipinski definition) is 1. The SMILES string of the molecule is O=C(NCCC#Cc1cncc(OCc2ccccc2)c1)OCc1ccccc1. The number of alkyl carbamates (subject to hydrolysis) is 1. The van der Waals surface area contributed by atoms with Crippen LogP contribution in [-0.2, 0) is 18.0 Å². The lowest BCUT2D eigenvalue weighted by atomic mass is 10.2. The zero-order valence-corrected chi connectivity index (χ0v) is 16.0. The molecule has 0 spiro atoms. The number of amides is 1. The first-order valence-electron chi connectivity index (χ1n) is 9.35. The quantitative estimate of drug-likeness (QED) is 0.485. The van der Waals surface area contributed by atoms with E-state index in [9.17, 15) is 4.79 Å². The van der Waals surface area contributed by atoms with E-state index in [2.05, 4.69) is 22.1 Å². The van der Waals surface area contributed by atoms with Crippen LogP contribution in [0.1, 0.15) is 23.1 Å². The molecule has 3 aromatic rings. The van der Waals surface area contributed by atoms with Crippen LogP contribution in [0.2, 0.25) is 0 Å². The molecule has 0 aliphatic heterocycles. The van der Waals surface area contributed by atoms with E-state index >= 15 is 0 Å². The van der Waals surface area contributed by atoms with Crippen molar-refractivity contribution in [3.8, 4) is 17.6 Å². The van der Waals surface area contributed by atoms with Crippen molar-refractivity contribution in [2.45, 2.75) is 19.6 Å². The topological polar surface area (TPSA) is 60.5 Å². The molecule has 0 bridgehead atoms. The van der Waals surface area contributed by atoms with Gasteiger partial charge in [-0.3, -0.25) is 4.98 Å². The van der Waals surface area contributed by atoms with Crippen LogP contribution in [0.15, 0.2) is 79.1 Å². The predicted octanol–water partition coefficient (Wildman–Crippen LogP) is 4.33. The average molecular weight is 386 g/mol. The van der Waals surface area contributed by atoms with Crippen LogP contribution in [0.25, 0.3) is 0 Å². The summed E-state index contributed by atoms with van der Waals surface area (Å²) in [7, 11) is 0. The highest BCUT2D eigenvalue weighted by atomic mass is 16.5. The van der Waals surface area contributed by atoms with E-state index in [1.54, 1.807) is 12.4 Å². The minimum atomic E-state index is -0.450. The first kappa shape index (κ1) is 20.0. The minimum Gasteiger partial charge on any atom is -0.487 e. The molecule has 0 fully saturated rings. The maximum absolute atomic E-state index is 11.7. The monoisotopic (exact) mass is 386 g/mol. The number of hydrogen-bond acceptors (Lipinski definition) is 4. The van der Waals surface area contributed by atoms with Gasteiger partial charge in [0.25, 0.3) is 0 Å². The van der Waals surface area contributed by atoms with Gasteiger partial charge in [0.15, 0.2) is 0 Å². The lowest BCUT2D eigenvalue weighted by Gasteiger charge is -2.06. The standard InChI is InChI=1S/C24H22N2O3/c27-24(29-19-21-11-5-2-6-12-21)26-14-8-7-13-22-15-23(17-25-16-22)28-18-20-9-3-1-4-10-20/h1-6,9-12,15-17H,8,14,18-19H2,(H,26,27). The van der Waals surface area contributed by atoms with E-state index in [0.717, 1.165) is 16.7 Å². The molecule has 0 unspecified atom stereocenters. The highest BCUT2D eigenvalue weighted by Gasteiger charge is 2.01. The zero-order valence-electron chi connectivity index (χ0n) is 16.0. The summed E-state index contributed by atoms with van der Waals surface area (Å²) in [6.45, 7) is 1.15. The van der Waals surface area contributed by atoms with Crippen LogP contribution < -0.4 is 10.1 Å². The van der Waals surface area contributed by atoms with Crippen molar-refractivity contribution < 1.29 is 14.3 Å². The molecule has 0 atom stereocenters. The summed E-state index contributed by atoms with van der Waals surface area (Å²) in [6, 6.07) is 21.3. The molecule has 0 radical (unpaired) electrons. The molecule has 1 heterocycles. The maximum Gasteiger partial charge on any atom is 0.407 e. The Morgan fingerprint density at radius 3 is 2.34 bits per heavy atom. The molecule has 5 nitrogen and oxygen atoms in total. The minimum absolute atomic E-state index is 0.250. The molecular formula is C24H22N2O3. The van der Waals surface area contributed by atoms with Gasteiger partial charge >= 0.3 is 6.09 Å². The predicted molar refractivity (Wildman–Crippen MR) is 111 cm³/mol. The molecule has 0 aliphatic rings.